The molecular weight excluding hydrogens is 133 g/mol. The highest BCUT2D eigenvalue weighted by Gasteiger charge is 2.34. The van der Waals surface area contributed by atoms with Crippen LogP contribution in [0.5, 0.6) is 0 Å². The van der Waals surface area contributed by atoms with Gasteiger partial charge < -0.3 is 0 Å². The zero-order valence-electron chi connectivity index (χ0n) is 4.74. The van der Waals surface area contributed by atoms with Gasteiger partial charge in [-0.2, -0.15) is 13.2 Å². The Morgan fingerprint density at radius 1 is 1.44 bits per heavy atom. The summed E-state index contributed by atoms with van der Waals surface area (Å²) in [7, 11) is 1.01. The van der Waals surface area contributed by atoms with Gasteiger partial charge >= 0.3 is 6.18 Å². The average molecular weight is 138 g/mol. The number of nitrogens with zero attached hydrogens (tertiary/aromatic N) is 2. The minimum atomic E-state index is -4.46. The lowest BCUT2D eigenvalue weighted by atomic mass is 10.6. The summed E-state index contributed by atoms with van der Waals surface area (Å²) in [5, 5.41) is 0. The zero-order chi connectivity index (χ0) is 7.49. The van der Waals surface area contributed by atoms with Crippen LogP contribution in [0.3, 0.4) is 0 Å². The third kappa shape index (κ3) is 2.25. The van der Waals surface area contributed by atoms with Crippen molar-refractivity contribution in [2.75, 3.05) is 7.05 Å². The van der Waals surface area contributed by atoms with E-state index in [1.54, 1.807) is 0 Å². The fourth-order valence-electron chi connectivity index (χ4n) is 0.287. The molecule has 0 aliphatic heterocycles. The maximum Gasteiger partial charge on any atom is 0.451 e. The van der Waals surface area contributed by atoms with Gasteiger partial charge in [0.05, 0.1) is 0 Å². The van der Waals surface area contributed by atoms with Gasteiger partial charge in [0.2, 0.25) is 5.84 Å². The van der Waals surface area contributed by atoms with E-state index >= 15 is 0 Å². The molecule has 0 amide bonds. The van der Waals surface area contributed by atoms with Crippen LogP contribution in [-0.4, -0.2) is 25.8 Å². The van der Waals surface area contributed by atoms with E-state index in [4.69, 9.17) is 0 Å². The molecule has 0 aromatic rings. The van der Waals surface area contributed by atoms with Crippen molar-refractivity contribution in [3.8, 4) is 0 Å². The molecule has 2 nitrogen and oxygen atoms in total. The first kappa shape index (κ1) is 8.13. The molecular formula is C4H5F3N2. The molecule has 0 unspecified atom stereocenters. The lowest BCUT2D eigenvalue weighted by Gasteiger charge is -2.01. The van der Waals surface area contributed by atoms with E-state index in [0.29, 0.717) is 0 Å². The molecule has 0 atom stereocenters. The normalized spacial score (nSPS) is 13.6. The van der Waals surface area contributed by atoms with Crippen molar-refractivity contribution in [2.45, 2.75) is 6.18 Å². The number of amidine groups is 1. The van der Waals surface area contributed by atoms with Crippen molar-refractivity contribution in [3.63, 3.8) is 0 Å². The summed E-state index contributed by atoms with van der Waals surface area (Å²) in [6, 6.07) is 0. The SMILES string of the molecule is C=N/C(=N\C)C(F)(F)F. The maximum absolute atomic E-state index is 11.5. The second-order valence-corrected chi connectivity index (χ2v) is 1.20. The number of aliphatic imine (C=N–C) groups is 2. The van der Waals surface area contributed by atoms with Crippen molar-refractivity contribution in [3.05, 3.63) is 0 Å². The Labute approximate surface area is 50.1 Å². The summed E-state index contributed by atoms with van der Waals surface area (Å²) in [4.78, 5) is 5.49. The van der Waals surface area contributed by atoms with E-state index in [0.717, 1.165) is 7.05 Å². The van der Waals surface area contributed by atoms with Crippen LogP contribution in [0.1, 0.15) is 0 Å². The van der Waals surface area contributed by atoms with Gasteiger partial charge in [-0.3, -0.25) is 4.99 Å². The third-order valence-corrected chi connectivity index (χ3v) is 0.615. The smallest absolute Gasteiger partial charge is 0.266 e. The minimum Gasteiger partial charge on any atom is -0.266 e. The highest BCUT2D eigenvalue weighted by Crippen LogP contribution is 2.17. The van der Waals surface area contributed by atoms with Gasteiger partial charge in [0, 0.05) is 7.05 Å². The lowest BCUT2D eigenvalue weighted by Crippen LogP contribution is -2.20. The Bertz CT molecular complexity index is 135. The molecule has 0 aliphatic rings. The first-order valence-electron chi connectivity index (χ1n) is 2.03. The third-order valence-electron chi connectivity index (χ3n) is 0.615. The predicted octanol–water partition coefficient (Wildman–Crippen LogP) is 1.28. The standard InChI is InChI=1S/C4H5F3N2/c1-8-3(9-2)4(5,6)7/h1H2,2H3/b9-3-. The summed E-state index contributed by atoms with van der Waals surface area (Å²) in [5.41, 5.74) is 0. The molecule has 9 heavy (non-hydrogen) atoms. The van der Waals surface area contributed by atoms with E-state index in [1.165, 1.54) is 0 Å². The second-order valence-electron chi connectivity index (χ2n) is 1.20. The molecule has 0 aliphatic carbocycles. The number of alkyl halides is 3. The second kappa shape index (κ2) is 2.61. The molecule has 0 aromatic heterocycles. The number of hydrogen-bond acceptors (Lipinski definition) is 1. The molecule has 0 spiro atoms. The van der Waals surface area contributed by atoms with Crippen LogP contribution in [0.15, 0.2) is 9.98 Å². The van der Waals surface area contributed by atoms with Crippen LogP contribution < -0.4 is 0 Å². The molecule has 0 aromatic carbocycles. The number of halogens is 3. The first-order chi connectivity index (χ1) is 4.02. The lowest BCUT2D eigenvalue weighted by molar-refractivity contribution is -0.0597. The quantitative estimate of drug-likeness (QED) is 0.356. The number of rotatable bonds is 0. The molecule has 0 fully saturated rings. The van der Waals surface area contributed by atoms with Crippen molar-refractivity contribution in [2.24, 2.45) is 9.98 Å². The van der Waals surface area contributed by atoms with Crippen molar-refractivity contribution in [1.82, 2.24) is 0 Å². The van der Waals surface area contributed by atoms with Gasteiger partial charge in [-0.25, -0.2) is 4.99 Å². The monoisotopic (exact) mass is 138 g/mol. The van der Waals surface area contributed by atoms with Gasteiger partial charge in [-0.1, -0.05) is 0 Å². The summed E-state index contributed by atoms with van der Waals surface area (Å²) in [6.07, 6.45) is -4.46. The summed E-state index contributed by atoms with van der Waals surface area (Å²) < 4.78 is 34.4. The largest absolute Gasteiger partial charge is 0.451 e. The Morgan fingerprint density at radius 2 is 1.89 bits per heavy atom. The fourth-order valence-corrected chi connectivity index (χ4v) is 0.287. The zero-order valence-corrected chi connectivity index (χ0v) is 4.74. The average Bonchev–Trinajstić information content (AvgIpc) is 1.65. The first-order valence-corrected chi connectivity index (χ1v) is 2.03. The van der Waals surface area contributed by atoms with E-state index in [2.05, 4.69) is 16.7 Å². The Balaban J connectivity index is 4.32. The van der Waals surface area contributed by atoms with Crippen LogP contribution >= 0.6 is 0 Å². The molecule has 5 heteroatoms. The van der Waals surface area contributed by atoms with Crippen LogP contribution in [0.4, 0.5) is 13.2 Å². The van der Waals surface area contributed by atoms with E-state index in [1.807, 2.05) is 0 Å². The van der Waals surface area contributed by atoms with Gasteiger partial charge in [0.15, 0.2) is 0 Å². The van der Waals surface area contributed by atoms with Crippen LogP contribution in [-0.2, 0) is 0 Å². The molecule has 52 valence electrons. The molecule has 0 saturated carbocycles. The van der Waals surface area contributed by atoms with Crippen LogP contribution in [0.2, 0.25) is 0 Å². The summed E-state index contributed by atoms with van der Waals surface area (Å²) >= 11 is 0. The van der Waals surface area contributed by atoms with E-state index in [-0.39, 0.29) is 0 Å². The maximum atomic E-state index is 11.5. The van der Waals surface area contributed by atoms with Crippen molar-refractivity contribution >= 4 is 12.6 Å². The fraction of sp³-hybridized carbons (Fsp3) is 0.500. The van der Waals surface area contributed by atoms with E-state index < -0.39 is 12.0 Å². The van der Waals surface area contributed by atoms with Gasteiger partial charge in [-0.15, -0.1) is 0 Å². The highest BCUT2D eigenvalue weighted by atomic mass is 19.4. The molecule has 0 radical (unpaired) electrons. The topological polar surface area (TPSA) is 24.7 Å². The minimum absolute atomic E-state index is 1.01. The molecule has 0 heterocycles. The highest BCUT2D eigenvalue weighted by molar-refractivity contribution is 5.90. The predicted molar refractivity (Wildman–Crippen MR) is 29.0 cm³/mol. The molecule has 0 bridgehead atoms. The Hall–Kier alpha value is -0.870. The van der Waals surface area contributed by atoms with Crippen molar-refractivity contribution < 1.29 is 13.2 Å². The summed E-state index contributed by atoms with van der Waals surface area (Å²) in [6.45, 7) is 2.70. The van der Waals surface area contributed by atoms with E-state index in [9.17, 15) is 13.2 Å². The van der Waals surface area contributed by atoms with Crippen LogP contribution in [0.25, 0.3) is 0 Å². The summed E-state index contributed by atoms with van der Waals surface area (Å²) in [5.74, 6) is -1.19. The van der Waals surface area contributed by atoms with Gasteiger partial charge in [0.1, 0.15) is 0 Å². The Kier molecular flexibility index (Phi) is 2.36. The van der Waals surface area contributed by atoms with Gasteiger partial charge in [0.25, 0.3) is 0 Å². The Morgan fingerprint density at radius 3 is 1.89 bits per heavy atom. The van der Waals surface area contributed by atoms with Gasteiger partial charge in [-0.05, 0) is 6.72 Å². The number of hydrogen-bond donors (Lipinski definition) is 0. The molecule has 0 N–H and O–H groups in total. The van der Waals surface area contributed by atoms with Crippen LogP contribution in [0, 0.1) is 0 Å². The molecule has 0 saturated heterocycles. The van der Waals surface area contributed by atoms with Crippen molar-refractivity contribution in [1.29, 1.82) is 0 Å². The molecule has 0 rings (SSSR count).